The number of carbonyl (C=O) groups excluding carboxylic acids is 1. The summed E-state index contributed by atoms with van der Waals surface area (Å²) in [5.41, 5.74) is 0. The van der Waals surface area contributed by atoms with Crippen molar-refractivity contribution in [3.8, 4) is 0 Å². The molecule has 1 aliphatic heterocycles. The maximum Gasteiger partial charge on any atom is 0.237 e. The molecule has 64 valence electrons. The minimum Gasteiger partial charge on any atom is -0.395 e. The molecule has 0 radical (unpaired) electrons. The summed E-state index contributed by atoms with van der Waals surface area (Å²) in [4.78, 5) is 11.1. The number of aliphatic hydroxyl groups is 1. The van der Waals surface area contributed by atoms with Crippen molar-refractivity contribution in [2.75, 3.05) is 19.7 Å². The second kappa shape index (κ2) is 4.31. The Morgan fingerprint density at radius 1 is 1.73 bits per heavy atom. The molecule has 0 bridgehead atoms. The Morgan fingerprint density at radius 2 is 2.55 bits per heavy atom. The standard InChI is InChI=1S/C7H14N2O2/c10-5-4-9-7(11)6-2-1-3-8-6/h6,8,10H,1-5H2,(H,9,11). The topological polar surface area (TPSA) is 61.4 Å². The molecule has 4 heteroatoms. The van der Waals surface area contributed by atoms with Crippen molar-refractivity contribution in [2.24, 2.45) is 0 Å². The Balaban J connectivity index is 2.17. The summed E-state index contributed by atoms with van der Waals surface area (Å²) in [5.74, 6) is 0.0107. The smallest absolute Gasteiger partial charge is 0.237 e. The van der Waals surface area contributed by atoms with Gasteiger partial charge in [-0.25, -0.2) is 0 Å². The third-order valence-electron chi connectivity index (χ3n) is 1.79. The predicted octanol–water partition coefficient (Wildman–Crippen LogP) is -1.15. The molecule has 1 saturated heterocycles. The highest BCUT2D eigenvalue weighted by Crippen LogP contribution is 2.03. The van der Waals surface area contributed by atoms with Crippen LogP contribution in [0, 0.1) is 0 Å². The van der Waals surface area contributed by atoms with E-state index in [0.29, 0.717) is 6.54 Å². The van der Waals surface area contributed by atoms with E-state index < -0.39 is 0 Å². The maximum absolute atomic E-state index is 11.1. The quantitative estimate of drug-likeness (QED) is 0.486. The molecule has 1 rings (SSSR count). The fourth-order valence-corrected chi connectivity index (χ4v) is 1.21. The second-order valence-electron chi connectivity index (χ2n) is 2.66. The summed E-state index contributed by atoms with van der Waals surface area (Å²) in [5, 5.41) is 14.1. The molecule has 0 saturated carbocycles. The van der Waals surface area contributed by atoms with Gasteiger partial charge < -0.3 is 15.7 Å². The number of nitrogens with one attached hydrogen (secondary N) is 2. The summed E-state index contributed by atoms with van der Waals surface area (Å²) >= 11 is 0. The van der Waals surface area contributed by atoms with E-state index in [4.69, 9.17) is 5.11 Å². The van der Waals surface area contributed by atoms with Crippen molar-refractivity contribution in [1.82, 2.24) is 10.6 Å². The number of hydrogen-bond donors (Lipinski definition) is 3. The van der Waals surface area contributed by atoms with Crippen LogP contribution in [0.5, 0.6) is 0 Å². The van der Waals surface area contributed by atoms with E-state index in [1.54, 1.807) is 0 Å². The summed E-state index contributed by atoms with van der Waals surface area (Å²) < 4.78 is 0. The first-order chi connectivity index (χ1) is 5.34. The Bertz CT molecular complexity index is 132. The van der Waals surface area contributed by atoms with Gasteiger partial charge in [0.25, 0.3) is 0 Å². The number of hydrogen-bond acceptors (Lipinski definition) is 3. The van der Waals surface area contributed by atoms with Crippen molar-refractivity contribution < 1.29 is 9.90 Å². The first-order valence-corrected chi connectivity index (χ1v) is 3.96. The fraction of sp³-hybridized carbons (Fsp3) is 0.857. The minimum atomic E-state index is -0.0263. The van der Waals surface area contributed by atoms with E-state index in [1.165, 1.54) is 0 Å². The summed E-state index contributed by atoms with van der Waals surface area (Å²) in [6.45, 7) is 1.30. The van der Waals surface area contributed by atoms with Gasteiger partial charge in [-0.15, -0.1) is 0 Å². The van der Waals surface area contributed by atoms with Crippen molar-refractivity contribution in [3.05, 3.63) is 0 Å². The highest BCUT2D eigenvalue weighted by Gasteiger charge is 2.20. The Morgan fingerprint density at radius 3 is 3.09 bits per heavy atom. The first kappa shape index (κ1) is 8.49. The Kier molecular flexibility index (Phi) is 3.32. The lowest BCUT2D eigenvalue weighted by Gasteiger charge is -2.09. The summed E-state index contributed by atoms with van der Waals surface area (Å²) in [6, 6.07) is -0.0263. The van der Waals surface area contributed by atoms with Gasteiger partial charge in [-0.2, -0.15) is 0 Å². The van der Waals surface area contributed by atoms with Gasteiger partial charge in [0, 0.05) is 6.54 Å². The van der Waals surface area contributed by atoms with Gasteiger partial charge in [0.05, 0.1) is 12.6 Å². The molecular formula is C7H14N2O2. The monoisotopic (exact) mass is 158 g/mol. The molecule has 0 aromatic carbocycles. The zero-order chi connectivity index (χ0) is 8.10. The third kappa shape index (κ3) is 2.48. The normalized spacial score (nSPS) is 23.5. The van der Waals surface area contributed by atoms with E-state index in [1.807, 2.05) is 0 Å². The number of carbonyl (C=O) groups is 1. The van der Waals surface area contributed by atoms with Crippen molar-refractivity contribution in [3.63, 3.8) is 0 Å². The lowest BCUT2D eigenvalue weighted by Crippen LogP contribution is -2.41. The molecule has 1 fully saturated rings. The molecule has 1 atom stereocenters. The van der Waals surface area contributed by atoms with Crippen LogP contribution in [0.2, 0.25) is 0 Å². The summed E-state index contributed by atoms with van der Waals surface area (Å²) in [7, 11) is 0. The lowest BCUT2D eigenvalue weighted by atomic mass is 10.2. The van der Waals surface area contributed by atoms with Crippen LogP contribution in [0.3, 0.4) is 0 Å². The fourth-order valence-electron chi connectivity index (χ4n) is 1.21. The van der Waals surface area contributed by atoms with Crippen LogP contribution in [-0.4, -0.2) is 36.8 Å². The van der Waals surface area contributed by atoms with Crippen LogP contribution in [0.15, 0.2) is 0 Å². The molecule has 0 aromatic heterocycles. The minimum absolute atomic E-state index is 0.0107. The molecule has 0 spiro atoms. The van der Waals surface area contributed by atoms with E-state index in [9.17, 15) is 4.79 Å². The van der Waals surface area contributed by atoms with Crippen molar-refractivity contribution >= 4 is 5.91 Å². The van der Waals surface area contributed by atoms with E-state index in [0.717, 1.165) is 19.4 Å². The highest BCUT2D eigenvalue weighted by atomic mass is 16.3. The molecule has 11 heavy (non-hydrogen) atoms. The number of aliphatic hydroxyl groups excluding tert-OH is 1. The largest absolute Gasteiger partial charge is 0.395 e. The molecule has 0 aromatic rings. The Hall–Kier alpha value is -0.610. The van der Waals surface area contributed by atoms with Crippen LogP contribution in [-0.2, 0) is 4.79 Å². The first-order valence-electron chi connectivity index (χ1n) is 3.96. The van der Waals surface area contributed by atoms with Crippen LogP contribution < -0.4 is 10.6 Å². The van der Waals surface area contributed by atoms with Gasteiger partial charge in [0.2, 0.25) is 5.91 Å². The molecule has 1 aliphatic rings. The third-order valence-corrected chi connectivity index (χ3v) is 1.79. The summed E-state index contributed by atoms with van der Waals surface area (Å²) in [6.07, 6.45) is 1.98. The van der Waals surface area contributed by atoms with Crippen molar-refractivity contribution in [1.29, 1.82) is 0 Å². The predicted molar refractivity (Wildman–Crippen MR) is 41.1 cm³/mol. The Labute approximate surface area is 66.0 Å². The number of amides is 1. The van der Waals surface area contributed by atoms with Crippen LogP contribution in [0.1, 0.15) is 12.8 Å². The molecular weight excluding hydrogens is 144 g/mol. The van der Waals surface area contributed by atoms with Gasteiger partial charge in [-0.3, -0.25) is 4.79 Å². The molecule has 1 unspecified atom stereocenters. The molecule has 0 aliphatic carbocycles. The van der Waals surface area contributed by atoms with Gasteiger partial charge in [-0.1, -0.05) is 0 Å². The van der Waals surface area contributed by atoms with Gasteiger partial charge in [-0.05, 0) is 19.4 Å². The van der Waals surface area contributed by atoms with Crippen molar-refractivity contribution in [2.45, 2.75) is 18.9 Å². The molecule has 4 nitrogen and oxygen atoms in total. The zero-order valence-corrected chi connectivity index (χ0v) is 6.47. The molecule has 1 heterocycles. The van der Waals surface area contributed by atoms with Crippen LogP contribution in [0.4, 0.5) is 0 Å². The zero-order valence-electron chi connectivity index (χ0n) is 6.47. The van der Waals surface area contributed by atoms with E-state index in [2.05, 4.69) is 10.6 Å². The van der Waals surface area contributed by atoms with E-state index >= 15 is 0 Å². The maximum atomic E-state index is 11.1. The van der Waals surface area contributed by atoms with Gasteiger partial charge in [0.15, 0.2) is 0 Å². The SMILES string of the molecule is O=C(NCCO)C1CCCN1. The second-order valence-corrected chi connectivity index (χ2v) is 2.66. The van der Waals surface area contributed by atoms with Gasteiger partial charge in [0.1, 0.15) is 0 Å². The average Bonchev–Trinajstić information content (AvgIpc) is 2.52. The average molecular weight is 158 g/mol. The van der Waals surface area contributed by atoms with Gasteiger partial charge >= 0.3 is 0 Å². The highest BCUT2D eigenvalue weighted by molar-refractivity contribution is 5.81. The van der Waals surface area contributed by atoms with Crippen LogP contribution in [0.25, 0.3) is 0 Å². The van der Waals surface area contributed by atoms with Crippen LogP contribution >= 0.6 is 0 Å². The lowest BCUT2D eigenvalue weighted by molar-refractivity contribution is -0.122. The number of rotatable bonds is 3. The van der Waals surface area contributed by atoms with E-state index in [-0.39, 0.29) is 18.6 Å². The molecule has 3 N–H and O–H groups in total. The molecule has 1 amide bonds.